The average molecular weight is 313 g/mol. The van der Waals surface area contributed by atoms with E-state index in [9.17, 15) is 4.79 Å². The third-order valence-corrected chi connectivity index (χ3v) is 4.44. The molecular formula is C18H23N3O2. The molecule has 122 valence electrons. The summed E-state index contributed by atoms with van der Waals surface area (Å²) in [6.07, 6.45) is 1.74. The van der Waals surface area contributed by atoms with Crippen LogP contribution in [0.2, 0.25) is 0 Å². The summed E-state index contributed by atoms with van der Waals surface area (Å²) in [5.74, 6) is -0.00951. The predicted molar refractivity (Wildman–Crippen MR) is 90.6 cm³/mol. The SMILES string of the molecule is CC(c1cc(C(=O)N(C)C)c2ncccc2c1)N1CCOCC1. The zero-order valence-electron chi connectivity index (χ0n) is 14.0. The van der Waals surface area contributed by atoms with Gasteiger partial charge in [-0.15, -0.1) is 0 Å². The highest BCUT2D eigenvalue weighted by molar-refractivity contribution is 6.05. The van der Waals surface area contributed by atoms with Crippen molar-refractivity contribution in [2.24, 2.45) is 0 Å². The molecule has 1 aliphatic heterocycles. The fourth-order valence-corrected chi connectivity index (χ4v) is 3.04. The highest BCUT2D eigenvalue weighted by Gasteiger charge is 2.21. The lowest BCUT2D eigenvalue weighted by molar-refractivity contribution is 0.0198. The Bertz CT molecular complexity index is 708. The first kappa shape index (κ1) is 15.9. The van der Waals surface area contributed by atoms with Gasteiger partial charge in [0.2, 0.25) is 0 Å². The van der Waals surface area contributed by atoms with Crippen molar-refractivity contribution in [3.05, 3.63) is 41.6 Å². The van der Waals surface area contributed by atoms with Crippen molar-refractivity contribution < 1.29 is 9.53 Å². The molecule has 1 atom stereocenters. The highest BCUT2D eigenvalue weighted by Crippen LogP contribution is 2.27. The summed E-state index contributed by atoms with van der Waals surface area (Å²) in [4.78, 5) is 21.0. The van der Waals surface area contributed by atoms with Gasteiger partial charge < -0.3 is 9.64 Å². The Kier molecular flexibility index (Phi) is 4.59. The van der Waals surface area contributed by atoms with Gasteiger partial charge in [0.05, 0.1) is 24.3 Å². The van der Waals surface area contributed by atoms with Gasteiger partial charge in [-0.2, -0.15) is 0 Å². The molecule has 23 heavy (non-hydrogen) atoms. The molecule has 5 heteroatoms. The number of ether oxygens (including phenoxy) is 1. The number of hydrogen-bond donors (Lipinski definition) is 0. The minimum atomic E-state index is -0.00951. The molecule has 5 nitrogen and oxygen atoms in total. The molecule has 1 saturated heterocycles. The van der Waals surface area contributed by atoms with Crippen molar-refractivity contribution >= 4 is 16.8 Å². The summed E-state index contributed by atoms with van der Waals surface area (Å²) >= 11 is 0. The second kappa shape index (κ2) is 6.64. The highest BCUT2D eigenvalue weighted by atomic mass is 16.5. The molecule has 1 fully saturated rings. The molecule has 2 heterocycles. The molecule has 0 bridgehead atoms. The molecule has 1 aliphatic rings. The van der Waals surface area contributed by atoms with Gasteiger partial charge in [0.1, 0.15) is 0 Å². The lowest BCUT2D eigenvalue weighted by atomic mass is 9.99. The number of hydrogen-bond acceptors (Lipinski definition) is 4. The van der Waals surface area contributed by atoms with Crippen molar-refractivity contribution in [1.29, 1.82) is 0 Å². The van der Waals surface area contributed by atoms with Crippen molar-refractivity contribution in [2.75, 3.05) is 40.4 Å². The second-order valence-corrected chi connectivity index (χ2v) is 6.17. The van der Waals surface area contributed by atoms with Crippen LogP contribution in [0.1, 0.15) is 28.9 Å². The summed E-state index contributed by atoms with van der Waals surface area (Å²) in [7, 11) is 3.55. The van der Waals surface area contributed by atoms with Crippen LogP contribution in [0.25, 0.3) is 10.9 Å². The molecule has 1 amide bonds. The van der Waals surface area contributed by atoms with Gasteiger partial charge in [-0.25, -0.2) is 0 Å². The molecule has 1 aromatic carbocycles. The number of benzene rings is 1. The van der Waals surface area contributed by atoms with Gasteiger partial charge in [-0.05, 0) is 30.7 Å². The molecule has 0 radical (unpaired) electrons. The number of aromatic nitrogens is 1. The van der Waals surface area contributed by atoms with Gasteiger partial charge in [-0.1, -0.05) is 6.07 Å². The van der Waals surface area contributed by atoms with Crippen molar-refractivity contribution in [2.45, 2.75) is 13.0 Å². The molecule has 1 aromatic heterocycles. The van der Waals surface area contributed by atoms with Crippen LogP contribution in [0.4, 0.5) is 0 Å². The first-order valence-electron chi connectivity index (χ1n) is 8.00. The molecular weight excluding hydrogens is 290 g/mol. The number of amides is 1. The number of fused-ring (bicyclic) bond motifs is 1. The first-order valence-corrected chi connectivity index (χ1v) is 8.00. The van der Waals surface area contributed by atoms with Gasteiger partial charge in [0.15, 0.2) is 0 Å². The minimum absolute atomic E-state index is 0.00951. The zero-order chi connectivity index (χ0) is 16.4. The van der Waals surface area contributed by atoms with E-state index < -0.39 is 0 Å². The summed E-state index contributed by atoms with van der Waals surface area (Å²) < 4.78 is 5.44. The Morgan fingerprint density at radius 2 is 2.04 bits per heavy atom. The molecule has 0 saturated carbocycles. The Labute approximate surface area is 136 Å². The lowest BCUT2D eigenvalue weighted by Gasteiger charge is -2.32. The largest absolute Gasteiger partial charge is 0.379 e. The molecule has 0 spiro atoms. The fraction of sp³-hybridized carbons (Fsp3) is 0.444. The van der Waals surface area contributed by atoms with E-state index in [-0.39, 0.29) is 11.9 Å². The molecule has 3 rings (SSSR count). The summed E-state index contributed by atoms with van der Waals surface area (Å²) in [5.41, 5.74) is 2.59. The maximum atomic E-state index is 12.6. The van der Waals surface area contributed by atoms with E-state index in [2.05, 4.69) is 22.9 Å². The normalized spacial score (nSPS) is 17.2. The van der Waals surface area contributed by atoms with E-state index in [4.69, 9.17) is 4.74 Å². The Balaban J connectivity index is 2.05. The van der Waals surface area contributed by atoms with Crippen LogP contribution in [-0.4, -0.2) is 61.1 Å². The van der Waals surface area contributed by atoms with Crippen LogP contribution < -0.4 is 0 Å². The minimum Gasteiger partial charge on any atom is -0.379 e. The van der Waals surface area contributed by atoms with Crippen molar-refractivity contribution in [3.8, 4) is 0 Å². The maximum absolute atomic E-state index is 12.6. The number of carbonyl (C=O) groups excluding carboxylic acids is 1. The number of morpholine rings is 1. The lowest BCUT2D eigenvalue weighted by Crippen LogP contribution is -2.38. The average Bonchev–Trinajstić information content (AvgIpc) is 2.60. The van der Waals surface area contributed by atoms with Crippen LogP contribution in [0.3, 0.4) is 0 Å². The monoisotopic (exact) mass is 313 g/mol. The van der Waals surface area contributed by atoms with Gasteiger partial charge in [0.25, 0.3) is 5.91 Å². The molecule has 1 unspecified atom stereocenters. The molecule has 0 aliphatic carbocycles. The Morgan fingerprint density at radius 1 is 1.30 bits per heavy atom. The summed E-state index contributed by atoms with van der Waals surface area (Å²) in [5, 5.41) is 1.01. The van der Waals surface area contributed by atoms with Gasteiger partial charge >= 0.3 is 0 Å². The summed E-state index contributed by atoms with van der Waals surface area (Å²) in [6.45, 7) is 5.56. The van der Waals surface area contributed by atoms with Crippen LogP contribution in [0.5, 0.6) is 0 Å². The Morgan fingerprint density at radius 3 is 2.74 bits per heavy atom. The molecule has 0 N–H and O–H groups in total. The fourth-order valence-electron chi connectivity index (χ4n) is 3.04. The number of nitrogens with zero attached hydrogens (tertiary/aromatic N) is 3. The number of pyridine rings is 1. The topological polar surface area (TPSA) is 45.7 Å². The smallest absolute Gasteiger partial charge is 0.255 e. The quantitative estimate of drug-likeness (QED) is 0.872. The van der Waals surface area contributed by atoms with Crippen molar-refractivity contribution in [3.63, 3.8) is 0 Å². The number of rotatable bonds is 3. The van der Waals surface area contributed by atoms with Crippen LogP contribution >= 0.6 is 0 Å². The van der Waals surface area contributed by atoms with E-state index in [1.54, 1.807) is 25.2 Å². The van der Waals surface area contributed by atoms with Gasteiger partial charge in [0, 0.05) is 44.8 Å². The predicted octanol–water partition coefficient (Wildman–Crippen LogP) is 2.33. The van der Waals surface area contributed by atoms with E-state index in [1.165, 1.54) is 0 Å². The second-order valence-electron chi connectivity index (χ2n) is 6.17. The zero-order valence-corrected chi connectivity index (χ0v) is 14.0. The third kappa shape index (κ3) is 3.21. The van der Waals surface area contributed by atoms with E-state index >= 15 is 0 Å². The third-order valence-electron chi connectivity index (χ3n) is 4.44. The van der Waals surface area contributed by atoms with Gasteiger partial charge in [-0.3, -0.25) is 14.7 Å². The van der Waals surface area contributed by atoms with Crippen molar-refractivity contribution in [1.82, 2.24) is 14.8 Å². The standard InChI is InChI=1S/C18H23N3O2/c1-13(21-7-9-23-10-8-21)15-11-14-5-4-6-19-17(14)16(12-15)18(22)20(2)3/h4-6,11-13H,7-10H2,1-3H3. The van der Waals surface area contributed by atoms with Crippen LogP contribution in [-0.2, 0) is 4.74 Å². The first-order chi connectivity index (χ1) is 11.1. The summed E-state index contributed by atoms with van der Waals surface area (Å²) in [6, 6.07) is 8.32. The van der Waals surface area contributed by atoms with E-state index in [0.29, 0.717) is 5.56 Å². The van der Waals surface area contributed by atoms with E-state index in [0.717, 1.165) is 42.8 Å². The maximum Gasteiger partial charge on any atom is 0.255 e. The Hall–Kier alpha value is -1.98. The van der Waals surface area contributed by atoms with E-state index in [1.807, 2.05) is 18.2 Å². The van der Waals surface area contributed by atoms with Crippen LogP contribution in [0.15, 0.2) is 30.5 Å². The van der Waals surface area contributed by atoms with Crippen LogP contribution in [0, 0.1) is 0 Å². The number of carbonyl (C=O) groups is 1. The molecule has 2 aromatic rings.